The molecule has 0 radical (unpaired) electrons. The molecule has 74 valence electrons. The van der Waals surface area contributed by atoms with Gasteiger partial charge in [-0.2, -0.15) is 0 Å². The highest BCUT2D eigenvalue weighted by Crippen LogP contribution is 2.11. The molecule has 0 fully saturated rings. The number of carbonyl (C=O) groups excluding carboxylic acids is 1. The lowest BCUT2D eigenvalue weighted by atomic mass is 10.1. The van der Waals surface area contributed by atoms with Crippen LogP contribution in [-0.2, 0) is 4.74 Å². The summed E-state index contributed by atoms with van der Waals surface area (Å²) in [7, 11) is 0. The zero-order valence-electron chi connectivity index (χ0n) is 7.87. The summed E-state index contributed by atoms with van der Waals surface area (Å²) in [5, 5.41) is 0.0954. The van der Waals surface area contributed by atoms with E-state index in [4.69, 9.17) is 16.3 Å². The van der Waals surface area contributed by atoms with Gasteiger partial charge in [-0.05, 0) is 6.92 Å². The van der Waals surface area contributed by atoms with Gasteiger partial charge in [0.15, 0.2) is 0 Å². The van der Waals surface area contributed by atoms with Gasteiger partial charge in [-0.25, -0.2) is 0 Å². The number of hydrogen-bond donors (Lipinski definition) is 0. The van der Waals surface area contributed by atoms with Crippen molar-refractivity contribution in [2.45, 2.75) is 6.92 Å². The van der Waals surface area contributed by atoms with Crippen LogP contribution in [0, 0.1) is 0 Å². The molecule has 0 bridgehead atoms. The lowest BCUT2D eigenvalue weighted by molar-refractivity contribution is 0.103. The van der Waals surface area contributed by atoms with Crippen LogP contribution in [0.25, 0.3) is 0 Å². The Labute approximate surface area is 88.1 Å². The van der Waals surface area contributed by atoms with E-state index in [1.165, 1.54) is 6.26 Å². The van der Waals surface area contributed by atoms with Gasteiger partial charge in [0.1, 0.15) is 11.3 Å². The van der Waals surface area contributed by atoms with E-state index in [1.54, 1.807) is 24.3 Å². The maximum Gasteiger partial charge on any atom is 0.207 e. The third kappa shape index (κ3) is 2.89. The van der Waals surface area contributed by atoms with Crippen LogP contribution in [0.2, 0.25) is 0 Å². The quantitative estimate of drug-likeness (QED) is 0.434. The van der Waals surface area contributed by atoms with E-state index in [0.717, 1.165) is 0 Å². The van der Waals surface area contributed by atoms with Crippen LogP contribution in [0.1, 0.15) is 17.3 Å². The number of Topliss-reactive ketones (excluding diaryl/α,β-unsaturated/α-hetero) is 1. The van der Waals surface area contributed by atoms with Crippen LogP contribution >= 0.6 is 11.6 Å². The smallest absolute Gasteiger partial charge is 0.207 e. The summed E-state index contributed by atoms with van der Waals surface area (Å²) < 4.78 is 4.92. The molecule has 0 N–H and O–H groups in total. The number of ether oxygens (including phenoxy) is 1. The monoisotopic (exact) mass is 210 g/mol. The Morgan fingerprint density at radius 1 is 1.43 bits per heavy atom. The second-order valence-electron chi connectivity index (χ2n) is 2.62. The molecule has 0 saturated carbocycles. The van der Waals surface area contributed by atoms with E-state index in [9.17, 15) is 4.79 Å². The predicted molar refractivity (Wildman–Crippen MR) is 56.3 cm³/mol. The molecule has 1 aromatic carbocycles. The van der Waals surface area contributed by atoms with Crippen LogP contribution in [-0.4, -0.2) is 12.4 Å². The first-order chi connectivity index (χ1) is 6.75. The lowest BCUT2D eigenvalue weighted by Crippen LogP contribution is -1.99. The maximum absolute atomic E-state index is 11.6. The van der Waals surface area contributed by atoms with Crippen molar-refractivity contribution in [2.75, 3.05) is 6.61 Å². The summed E-state index contributed by atoms with van der Waals surface area (Å²) in [6, 6.07) is 8.85. The van der Waals surface area contributed by atoms with E-state index in [2.05, 4.69) is 0 Å². The van der Waals surface area contributed by atoms with Crippen molar-refractivity contribution in [1.82, 2.24) is 0 Å². The molecular formula is C11H11ClO2. The summed E-state index contributed by atoms with van der Waals surface area (Å²) in [4.78, 5) is 11.6. The van der Waals surface area contributed by atoms with Crippen LogP contribution in [0.3, 0.4) is 0 Å². The maximum atomic E-state index is 11.6. The van der Waals surface area contributed by atoms with E-state index in [1.807, 2.05) is 13.0 Å². The summed E-state index contributed by atoms with van der Waals surface area (Å²) >= 11 is 5.73. The fourth-order valence-corrected chi connectivity index (χ4v) is 1.11. The SMILES string of the molecule is CCO/C=C(\Cl)C(=O)c1ccccc1. The lowest BCUT2D eigenvalue weighted by Gasteiger charge is -1.99. The number of halogens is 1. The Balaban J connectivity index is 2.76. The molecule has 0 atom stereocenters. The topological polar surface area (TPSA) is 26.3 Å². The number of allylic oxidation sites excluding steroid dienone is 1. The predicted octanol–water partition coefficient (Wildman–Crippen LogP) is 2.99. The number of hydrogen-bond acceptors (Lipinski definition) is 2. The van der Waals surface area contributed by atoms with Crippen molar-refractivity contribution in [3.8, 4) is 0 Å². The first-order valence-electron chi connectivity index (χ1n) is 4.32. The molecule has 0 spiro atoms. The standard InChI is InChI=1S/C11H11ClO2/c1-2-14-8-10(12)11(13)9-6-4-3-5-7-9/h3-8H,2H2,1H3/b10-8-. The molecular weight excluding hydrogens is 200 g/mol. The molecule has 0 aliphatic rings. The highest BCUT2D eigenvalue weighted by molar-refractivity contribution is 6.45. The summed E-state index contributed by atoms with van der Waals surface area (Å²) in [6.07, 6.45) is 1.27. The van der Waals surface area contributed by atoms with Gasteiger partial charge in [0.2, 0.25) is 5.78 Å². The van der Waals surface area contributed by atoms with Gasteiger partial charge in [-0.3, -0.25) is 4.79 Å². The van der Waals surface area contributed by atoms with Crippen LogP contribution in [0.15, 0.2) is 41.6 Å². The molecule has 2 nitrogen and oxygen atoms in total. The van der Waals surface area contributed by atoms with Gasteiger partial charge in [-0.15, -0.1) is 0 Å². The highest BCUT2D eigenvalue weighted by Gasteiger charge is 2.09. The zero-order chi connectivity index (χ0) is 10.4. The van der Waals surface area contributed by atoms with Crippen LogP contribution in [0.5, 0.6) is 0 Å². The van der Waals surface area contributed by atoms with Gasteiger partial charge >= 0.3 is 0 Å². The van der Waals surface area contributed by atoms with Gasteiger partial charge in [0.25, 0.3) is 0 Å². The van der Waals surface area contributed by atoms with Crippen LogP contribution in [0.4, 0.5) is 0 Å². The fourth-order valence-electron chi connectivity index (χ4n) is 0.937. The normalized spacial score (nSPS) is 11.1. The zero-order valence-corrected chi connectivity index (χ0v) is 8.62. The average molecular weight is 211 g/mol. The summed E-state index contributed by atoms with van der Waals surface area (Å²) in [6.45, 7) is 2.33. The molecule has 0 amide bonds. The van der Waals surface area contributed by atoms with Crippen molar-refractivity contribution in [1.29, 1.82) is 0 Å². The number of carbonyl (C=O) groups is 1. The van der Waals surface area contributed by atoms with Gasteiger partial charge in [-0.1, -0.05) is 41.9 Å². The van der Waals surface area contributed by atoms with E-state index in [-0.39, 0.29) is 10.8 Å². The van der Waals surface area contributed by atoms with Crippen molar-refractivity contribution in [2.24, 2.45) is 0 Å². The first-order valence-corrected chi connectivity index (χ1v) is 4.70. The molecule has 14 heavy (non-hydrogen) atoms. The number of benzene rings is 1. The summed E-state index contributed by atoms with van der Waals surface area (Å²) in [5.74, 6) is -0.222. The highest BCUT2D eigenvalue weighted by atomic mass is 35.5. The minimum Gasteiger partial charge on any atom is -0.500 e. The Bertz CT molecular complexity index is 330. The van der Waals surface area contributed by atoms with Crippen molar-refractivity contribution in [3.63, 3.8) is 0 Å². The van der Waals surface area contributed by atoms with Crippen LogP contribution < -0.4 is 0 Å². The minimum atomic E-state index is -0.222. The van der Waals surface area contributed by atoms with E-state index in [0.29, 0.717) is 12.2 Å². The Kier molecular flexibility index (Phi) is 4.20. The van der Waals surface area contributed by atoms with Crippen molar-refractivity contribution >= 4 is 17.4 Å². The van der Waals surface area contributed by atoms with Gasteiger partial charge in [0, 0.05) is 5.56 Å². The fraction of sp³-hybridized carbons (Fsp3) is 0.182. The first kappa shape index (κ1) is 10.8. The molecule has 0 unspecified atom stereocenters. The number of rotatable bonds is 4. The average Bonchev–Trinajstić information content (AvgIpc) is 2.26. The molecule has 0 saturated heterocycles. The minimum absolute atomic E-state index is 0.0954. The Morgan fingerprint density at radius 3 is 2.64 bits per heavy atom. The third-order valence-corrected chi connectivity index (χ3v) is 1.87. The van der Waals surface area contributed by atoms with Gasteiger partial charge < -0.3 is 4.74 Å². The Hall–Kier alpha value is -1.28. The number of ketones is 1. The van der Waals surface area contributed by atoms with E-state index < -0.39 is 0 Å². The summed E-state index contributed by atoms with van der Waals surface area (Å²) in [5.41, 5.74) is 0.563. The molecule has 1 rings (SSSR count). The second kappa shape index (κ2) is 5.45. The van der Waals surface area contributed by atoms with E-state index >= 15 is 0 Å². The Morgan fingerprint density at radius 2 is 2.07 bits per heavy atom. The molecule has 0 heterocycles. The largest absolute Gasteiger partial charge is 0.500 e. The van der Waals surface area contributed by atoms with Crippen molar-refractivity contribution < 1.29 is 9.53 Å². The molecule has 0 aliphatic carbocycles. The third-order valence-electron chi connectivity index (χ3n) is 1.61. The molecule has 0 aromatic heterocycles. The second-order valence-corrected chi connectivity index (χ2v) is 3.02. The molecule has 1 aromatic rings. The van der Waals surface area contributed by atoms with Gasteiger partial charge in [0.05, 0.1) is 6.61 Å². The molecule has 0 aliphatic heterocycles. The van der Waals surface area contributed by atoms with Crippen molar-refractivity contribution in [3.05, 3.63) is 47.2 Å². The molecule has 3 heteroatoms.